The Hall–Kier alpha value is -1.77. The van der Waals surface area contributed by atoms with E-state index < -0.39 is 10.0 Å². The van der Waals surface area contributed by atoms with Crippen LogP contribution in [0, 0.1) is 0 Å². The summed E-state index contributed by atoms with van der Waals surface area (Å²) in [5.74, 6) is 0.290. The van der Waals surface area contributed by atoms with Crippen LogP contribution in [0.2, 0.25) is 0 Å². The first-order valence-corrected chi connectivity index (χ1v) is 11.0. The Bertz CT molecular complexity index is 910. The van der Waals surface area contributed by atoms with Gasteiger partial charge in [-0.3, -0.25) is 4.72 Å². The molecule has 3 rings (SSSR count). The second-order valence-electron chi connectivity index (χ2n) is 6.82. The van der Waals surface area contributed by atoms with E-state index in [1.54, 1.807) is 18.2 Å². The quantitative estimate of drug-likeness (QED) is 0.725. The van der Waals surface area contributed by atoms with Crippen LogP contribution in [0.25, 0.3) is 0 Å². The third kappa shape index (κ3) is 4.75. The molecule has 0 aromatic heterocycles. The molecule has 1 fully saturated rings. The molecule has 0 unspecified atom stereocenters. The monoisotopic (exact) mass is 453 g/mol. The highest BCUT2D eigenvalue weighted by atomic mass is 79.9. The topological polar surface area (TPSA) is 70.7 Å². The van der Waals surface area contributed by atoms with E-state index in [0.717, 1.165) is 23.2 Å². The third-order valence-corrected chi connectivity index (χ3v) is 6.35. The summed E-state index contributed by atoms with van der Waals surface area (Å²) in [5.41, 5.74) is 1.52. The summed E-state index contributed by atoms with van der Waals surface area (Å²) in [6.45, 7) is 6.05. The highest BCUT2D eigenvalue weighted by Gasteiger charge is 2.23. The molecule has 1 heterocycles. The third-order valence-electron chi connectivity index (χ3n) is 4.44. The molecule has 2 N–H and O–H groups in total. The minimum atomic E-state index is -3.77. The van der Waals surface area contributed by atoms with Crippen LogP contribution in [0.4, 0.5) is 11.4 Å². The number of benzene rings is 2. The maximum absolute atomic E-state index is 12.9. The fourth-order valence-corrected chi connectivity index (χ4v) is 4.92. The van der Waals surface area contributed by atoms with Crippen LogP contribution in [0.5, 0.6) is 5.75 Å². The summed E-state index contributed by atoms with van der Waals surface area (Å²) >= 11 is 3.33. The van der Waals surface area contributed by atoms with E-state index in [1.807, 2.05) is 18.2 Å². The average Bonchev–Trinajstić information content (AvgIpc) is 2.60. The number of halogens is 1. The molecule has 0 spiro atoms. The largest absolute Gasteiger partial charge is 0.495 e. The van der Waals surface area contributed by atoms with Crippen molar-refractivity contribution in [2.75, 3.05) is 29.8 Å². The van der Waals surface area contributed by atoms with Gasteiger partial charge < -0.3 is 15.0 Å². The van der Waals surface area contributed by atoms with Crippen molar-refractivity contribution in [3.05, 3.63) is 46.9 Å². The standard InChI is InChI=1S/C19H24BrN3O3S/c1-13-11-23(12-14(2)21-13)17-6-4-5-16(10-17)22-27(24,25)19-8-7-15(20)9-18(19)26-3/h4-10,13-14,21-22H,11-12H2,1-3H3/t13-,14+. The van der Waals surface area contributed by atoms with Gasteiger partial charge in [-0.05, 0) is 50.2 Å². The molecule has 146 valence electrons. The number of hydrogen-bond acceptors (Lipinski definition) is 5. The Balaban J connectivity index is 1.86. The minimum absolute atomic E-state index is 0.100. The molecule has 1 aliphatic rings. The van der Waals surface area contributed by atoms with Crippen molar-refractivity contribution in [2.45, 2.75) is 30.8 Å². The van der Waals surface area contributed by atoms with Crippen LogP contribution >= 0.6 is 15.9 Å². The minimum Gasteiger partial charge on any atom is -0.495 e. The van der Waals surface area contributed by atoms with E-state index in [4.69, 9.17) is 4.74 Å². The van der Waals surface area contributed by atoms with Gasteiger partial charge in [-0.25, -0.2) is 8.42 Å². The molecule has 1 saturated heterocycles. The molecular weight excluding hydrogens is 430 g/mol. The summed E-state index contributed by atoms with van der Waals surface area (Å²) in [4.78, 5) is 2.37. The number of piperazine rings is 1. The molecule has 0 aliphatic carbocycles. The number of methoxy groups -OCH3 is 1. The zero-order valence-electron chi connectivity index (χ0n) is 15.6. The van der Waals surface area contributed by atoms with Gasteiger partial charge in [0.15, 0.2) is 0 Å². The van der Waals surface area contributed by atoms with Gasteiger partial charge in [-0.15, -0.1) is 0 Å². The molecular formula is C19H24BrN3O3S. The summed E-state index contributed by atoms with van der Waals surface area (Å²) in [5, 5.41) is 3.50. The lowest BCUT2D eigenvalue weighted by Gasteiger charge is -2.37. The normalized spacial score (nSPS) is 20.4. The summed E-state index contributed by atoms with van der Waals surface area (Å²) in [6.07, 6.45) is 0. The van der Waals surface area contributed by atoms with Crippen molar-refractivity contribution in [2.24, 2.45) is 0 Å². The molecule has 0 radical (unpaired) electrons. The zero-order chi connectivity index (χ0) is 19.6. The van der Waals surface area contributed by atoms with E-state index >= 15 is 0 Å². The lowest BCUT2D eigenvalue weighted by Crippen LogP contribution is -2.54. The number of nitrogens with zero attached hydrogens (tertiary/aromatic N) is 1. The van der Waals surface area contributed by atoms with Gasteiger partial charge in [0.1, 0.15) is 10.6 Å². The maximum Gasteiger partial charge on any atom is 0.265 e. The van der Waals surface area contributed by atoms with Crippen LogP contribution in [-0.2, 0) is 10.0 Å². The van der Waals surface area contributed by atoms with Gasteiger partial charge in [0.05, 0.1) is 12.8 Å². The molecule has 2 aromatic rings. The smallest absolute Gasteiger partial charge is 0.265 e. The van der Waals surface area contributed by atoms with E-state index in [0.29, 0.717) is 17.8 Å². The van der Waals surface area contributed by atoms with E-state index in [9.17, 15) is 8.42 Å². The summed E-state index contributed by atoms with van der Waals surface area (Å²) < 4.78 is 34.4. The molecule has 8 heteroatoms. The van der Waals surface area contributed by atoms with Crippen LogP contribution in [0.15, 0.2) is 51.8 Å². The van der Waals surface area contributed by atoms with Gasteiger partial charge in [0.25, 0.3) is 10.0 Å². The van der Waals surface area contributed by atoms with Gasteiger partial charge in [-0.1, -0.05) is 22.0 Å². The Morgan fingerprint density at radius 1 is 1.15 bits per heavy atom. The first-order valence-electron chi connectivity index (χ1n) is 8.76. The van der Waals surface area contributed by atoms with Crippen molar-refractivity contribution in [3.63, 3.8) is 0 Å². The number of nitrogens with one attached hydrogen (secondary N) is 2. The summed E-state index contributed by atoms with van der Waals surface area (Å²) in [6, 6.07) is 13.1. The Kier molecular flexibility index (Phi) is 5.98. The lowest BCUT2D eigenvalue weighted by molar-refractivity contribution is 0.402. The van der Waals surface area contributed by atoms with Gasteiger partial charge in [0.2, 0.25) is 0 Å². The zero-order valence-corrected chi connectivity index (χ0v) is 18.0. The fourth-order valence-electron chi connectivity index (χ4n) is 3.38. The molecule has 0 amide bonds. The first kappa shape index (κ1) is 20.0. The molecule has 0 bridgehead atoms. The van der Waals surface area contributed by atoms with Gasteiger partial charge in [-0.2, -0.15) is 0 Å². The highest BCUT2D eigenvalue weighted by Crippen LogP contribution is 2.30. The van der Waals surface area contributed by atoms with Crippen LogP contribution < -0.4 is 19.7 Å². The molecule has 27 heavy (non-hydrogen) atoms. The van der Waals surface area contributed by atoms with E-state index in [1.165, 1.54) is 13.2 Å². The predicted octanol–water partition coefficient (Wildman–Crippen LogP) is 3.45. The van der Waals surface area contributed by atoms with Crippen LogP contribution in [-0.4, -0.2) is 40.7 Å². The van der Waals surface area contributed by atoms with Crippen molar-refractivity contribution in [3.8, 4) is 5.75 Å². The number of hydrogen-bond donors (Lipinski definition) is 2. The van der Waals surface area contributed by atoms with Crippen LogP contribution in [0.1, 0.15) is 13.8 Å². The number of sulfonamides is 1. The van der Waals surface area contributed by atoms with Gasteiger partial charge in [0, 0.05) is 35.3 Å². The summed E-state index contributed by atoms with van der Waals surface area (Å²) in [7, 11) is -2.32. The average molecular weight is 454 g/mol. The maximum atomic E-state index is 12.9. The number of ether oxygens (including phenoxy) is 1. The Morgan fingerprint density at radius 3 is 2.52 bits per heavy atom. The molecule has 0 saturated carbocycles. The molecule has 2 atom stereocenters. The SMILES string of the molecule is COc1cc(Br)ccc1S(=O)(=O)Nc1cccc(N2C[C@@H](C)N[C@@H](C)C2)c1. The Morgan fingerprint density at radius 2 is 1.85 bits per heavy atom. The second-order valence-corrected chi connectivity index (χ2v) is 9.39. The molecule has 6 nitrogen and oxygen atoms in total. The van der Waals surface area contributed by atoms with Crippen molar-refractivity contribution < 1.29 is 13.2 Å². The van der Waals surface area contributed by atoms with Crippen molar-refractivity contribution in [1.82, 2.24) is 5.32 Å². The predicted molar refractivity (Wildman–Crippen MR) is 112 cm³/mol. The van der Waals surface area contributed by atoms with Crippen LogP contribution in [0.3, 0.4) is 0 Å². The Labute approximate surface area is 169 Å². The van der Waals surface area contributed by atoms with E-state index in [-0.39, 0.29) is 10.6 Å². The second kappa shape index (κ2) is 8.08. The lowest BCUT2D eigenvalue weighted by atomic mass is 10.1. The molecule has 2 aromatic carbocycles. The van der Waals surface area contributed by atoms with Gasteiger partial charge >= 0.3 is 0 Å². The first-order chi connectivity index (χ1) is 12.8. The van der Waals surface area contributed by atoms with E-state index in [2.05, 4.69) is 44.7 Å². The van der Waals surface area contributed by atoms with Crippen molar-refractivity contribution >= 4 is 37.3 Å². The highest BCUT2D eigenvalue weighted by molar-refractivity contribution is 9.10. The number of anilines is 2. The number of rotatable bonds is 5. The fraction of sp³-hybridized carbons (Fsp3) is 0.368. The molecule has 1 aliphatic heterocycles. The van der Waals surface area contributed by atoms with Crippen molar-refractivity contribution in [1.29, 1.82) is 0 Å².